The van der Waals surface area contributed by atoms with E-state index in [9.17, 15) is 0 Å². The highest BCUT2D eigenvalue weighted by Crippen LogP contribution is 1.82. The van der Waals surface area contributed by atoms with Crippen LogP contribution in [-0.4, -0.2) is 17.2 Å². The summed E-state index contributed by atoms with van der Waals surface area (Å²) in [5.41, 5.74) is 0.525. The Morgan fingerprint density at radius 2 is 0.941 bits per heavy atom. The Balaban J connectivity index is -0.0000000905. The Bertz CT molecular complexity index is 177. The van der Waals surface area contributed by atoms with Gasteiger partial charge in [0.05, 0.1) is 0 Å². The van der Waals surface area contributed by atoms with E-state index in [4.69, 9.17) is 10.0 Å². The minimum absolute atomic E-state index is 0.525. The molecule has 0 aliphatic carbocycles. The van der Waals surface area contributed by atoms with Crippen LogP contribution in [0.3, 0.4) is 0 Å². The van der Waals surface area contributed by atoms with Crippen molar-refractivity contribution in [1.82, 2.24) is 0 Å². The SMILES string of the molecule is CC.CC.CC.CC.OB(O)c1ccccc1. The Morgan fingerprint density at radius 3 is 1.12 bits per heavy atom. The van der Waals surface area contributed by atoms with Gasteiger partial charge < -0.3 is 10.0 Å². The van der Waals surface area contributed by atoms with Crippen molar-refractivity contribution >= 4 is 12.6 Å². The van der Waals surface area contributed by atoms with Crippen LogP contribution >= 0.6 is 0 Å². The molecule has 102 valence electrons. The third kappa shape index (κ3) is 21.1. The molecule has 2 N–H and O–H groups in total. The molecule has 17 heavy (non-hydrogen) atoms. The molecule has 0 heterocycles. The van der Waals surface area contributed by atoms with Crippen molar-refractivity contribution in [3.8, 4) is 0 Å². The van der Waals surface area contributed by atoms with Gasteiger partial charge in [0.1, 0.15) is 0 Å². The molecule has 0 unspecified atom stereocenters. The van der Waals surface area contributed by atoms with E-state index in [2.05, 4.69) is 0 Å². The normalized spacial score (nSPS) is 6.24. The predicted octanol–water partition coefficient (Wildman–Crippen LogP) is 3.47. The summed E-state index contributed by atoms with van der Waals surface area (Å²) in [5, 5.41) is 17.2. The van der Waals surface area contributed by atoms with Gasteiger partial charge in [0.15, 0.2) is 0 Å². The maximum absolute atomic E-state index is 8.58. The predicted molar refractivity (Wildman–Crippen MR) is 81.7 cm³/mol. The fraction of sp³-hybridized carbons (Fsp3) is 0.571. The molecule has 0 aromatic heterocycles. The largest absolute Gasteiger partial charge is 0.488 e. The summed E-state index contributed by atoms with van der Waals surface area (Å²) in [6, 6.07) is 8.66. The highest BCUT2D eigenvalue weighted by molar-refractivity contribution is 6.58. The molecule has 0 atom stereocenters. The van der Waals surface area contributed by atoms with Gasteiger partial charge in [0, 0.05) is 0 Å². The smallest absolute Gasteiger partial charge is 0.423 e. The summed E-state index contributed by atoms with van der Waals surface area (Å²) < 4.78 is 0. The van der Waals surface area contributed by atoms with Crippen molar-refractivity contribution in [2.75, 3.05) is 0 Å². The third-order valence-corrected chi connectivity index (χ3v) is 1.10. The van der Waals surface area contributed by atoms with E-state index in [1.165, 1.54) is 0 Å². The molecular formula is C14H31BO2. The Morgan fingerprint density at radius 1 is 0.647 bits per heavy atom. The molecular weight excluding hydrogens is 211 g/mol. The van der Waals surface area contributed by atoms with Gasteiger partial charge in [-0.05, 0) is 5.46 Å². The topological polar surface area (TPSA) is 40.5 Å². The minimum atomic E-state index is -1.34. The van der Waals surface area contributed by atoms with Crippen LogP contribution < -0.4 is 5.46 Å². The second kappa shape index (κ2) is 29.5. The molecule has 0 bridgehead atoms. The van der Waals surface area contributed by atoms with Crippen molar-refractivity contribution in [2.45, 2.75) is 55.4 Å². The number of hydrogen-bond acceptors (Lipinski definition) is 2. The minimum Gasteiger partial charge on any atom is -0.423 e. The molecule has 0 spiro atoms. The van der Waals surface area contributed by atoms with Gasteiger partial charge in [-0.3, -0.25) is 0 Å². The number of hydrogen-bond donors (Lipinski definition) is 2. The molecule has 0 saturated heterocycles. The highest BCUT2D eigenvalue weighted by atomic mass is 16.4. The third-order valence-electron chi connectivity index (χ3n) is 1.10. The molecule has 0 saturated carbocycles. The number of rotatable bonds is 1. The van der Waals surface area contributed by atoms with Crippen LogP contribution in [0.5, 0.6) is 0 Å². The molecule has 0 radical (unpaired) electrons. The molecule has 1 aromatic carbocycles. The summed E-state index contributed by atoms with van der Waals surface area (Å²) in [6.07, 6.45) is 0. The van der Waals surface area contributed by atoms with E-state index in [0.29, 0.717) is 5.46 Å². The van der Waals surface area contributed by atoms with Crippen LogP contribution in [0.1, 0.15) is 55.4 Å². The summed E-state index contributed by atoms with van der Waals surface area (Å²) in [5.74, 6) is 0. The lowest BCUT2D eigenvalue weighted by Gasteiger charge is -1.94. The van der Waals surface area contributed by atoms with Crippen molar-refractivity contribution in [2.24, 2.45) is 0 Å². The zero-order valence-electron chi connectivity index (χ0n) is 12.9. The van der Waals surface area contributed by atoms with Crippen molar-refractivity contribution < 1.29 is 10.0 Å². The van der Waals surface area contributed by atoms with E-state index in [-0.39, 0.29) is 0 Å². The molecule has 3 heteroatoms. The van der Waals surface area contributed by atoms with Gasteiger partial charge in [-0.15, -0.1) is 0 Å². The molecule has 0 amide bonds. The van der Waals surface area contributed by atoms with Crippen molar-refractivity contribution in [3.63, 3.8) is 0 Å². The van der Waals surface area contributed by atoms with Gasteiger partial charge in [-0.25, -0.2) is 0 Å². The second-order valence-electron chi connectivity index (χ2n) is 1.78. The number of benzene rings is 1. The lowest BCUT2D eigenvalue weighted by molar-refractivity contribution is 0.426. The summed E-state index contributed by atoms with van der Waals surface area (Å²) in [4.78, 5) is 0. The first-order valence-corrected chi connectivity index (χ1v) is 6.72. The standard InChI is InChI=1S/C6H7BO2.4C2H6/c8-7(9)6-4-2-1-3-5-6;4*1-2/h1-5,8-9H;4*1-2H3. The monoisotopic (exact) mass is 242 g/mol. The van der Waals surface area contributed by atoms with Crippen LogP contribution in [0.15, 0.2) is 30.3 Å². The van der Waals surface area contributed by atoms with Crippen LogP contribution in [-0.2, 0) is 0 Å². The van der Waals surface area contributed by atoms with Gasteiger partial charge in [-0.1, -0.05) is 85.7 Å². The lowest BCUT2D eigenvalue weighted by atomic mass is 9.81. The average Bonchev–Trinajstić information content (AvgIpc) is 2.48. The summed E-state index contributed by atoms with van der Waals surface area (Å²) >= 11 is 0. The van der Waals surface area contributed by atoms with Gasteiger partial charge >= 0.3 is 7.12 Å². The maximum Gasteiger partial charge on any atom is 0.488 e. The van der Waals surface area contributed by atoms with Gasteiger partial charge in [-0.2, -0.15) is 0 Å². The highest BCUT2D eigenvalue weighted by Gasteiger charge is 2.07. The van der Waals surface area contributed by atoms with Crippen molar-refractivity contribution in [1.29, 1.82) is 0 Å². The zero-order valence-corrected chi connectivity index (χ0v) is 12.9. The molecule has 0 aliphatic rings. The molecule has 1 rings (SSSR count). The molecule has 2 nitrogen and oxygen atoms in total. The van der Waals surface area contributed by atoms with Crippen LogP contribution in [0.4, 0.5) is 0 Å². The van der Waals surface area contributed by atoms with Crippen LogP contribution in [0, 0.1) is 0 Å². The Kier molecular flexibility index (Phi) is 43.6. The van der Waals surface area contributed by atoms with Gasteiger partial charge in [0.25, 0.3) is 0 Å². The van der Waals surface area contributed by atoms with E-state index in [0.717, 1.165) is 0 Å². The lowest BCUT2D eigenvalue weighted by Crippen LogP contribution is -2.29. The zero-order chi connectivity index (χ0) is 14.7. The fourth-order valence-electron chi connectivity index (χ4n) is 0.625. The van der Waals surface area contributed by atoms with Crippen LogP contribution in [0.2, 0.25) is 0 Å². The Labute approximate surface area is 109 Å². The first-order valence-electron chi connectivity index (χ1n) is 6.72. The quantitative estimate of drug-likeness (QED) is 0.740. The van der Waals surface area contributed by atoms with E-state index in [1.807, 2.05) is 61.5 Å². The second-order valence-corrected chi connectivity index (χ2v) is 1.78. The van der Waals surface area contributed by atoms with E-state index < -0.39 is 7.12 Å². The van der Waals surface area contributed by atoms with Gasteiger partial charge in [0.2, 0.25) is 0 Å². The average molecular weight is 242 g/mol. The fourth-order valence-corrected chi connectivity index (χ4v) is 0.625. The molecule has 0 aliphatic heterocycles. The van der Waals surface area contributed by atoms with E-state index >= 15 is 0 Å². The first kappa shape index (κ1) is 25.2. The first-order chi connectivity index (χ1) is 8.30. The Hall–Kier alpha value is -0.795. The molecule has 0 fully saturated rings. The summed E-state index contributed by atoms with van der Waals surface area (Å²) in [6.45, 7) is 16.0. The molecule has 1 aromatic rings. The van der Waals surface area contributed by atoms with E-state index in [1.54, 1.807) is 24.3 Å². The maximum atomic E-state index is 8.58. The summed E-state index contributed by atoms with van der Waals surface area (Å²) in [7, 11) is -1.34. The van der Waals surface area contributed by atoms with Crippen molar-refractivity contribution in [3.05, 3.63) is 30.3 Å². The van der Waals surface area contributed by atoms with Crippen LogP contribution in [0.25, 0.3) is 0 Å².